The van der Waals surface area contributed by atoms with Gasteiger partial charge in [-0.05, 0) is 22.9 Å². The average molecular weight is 533 g/mol. The molecule has 3 saturated heterocycles. The van der Waals surface area contributed by atoms with Crippen LogP contribution in [0.5, 0.6) is 11.5 Å². The first-order valence-electron chi connectivity index (χ1n) is 13.8. The molecule has 4 unspecified atom stereocenters. The fourth-order valence-electron chi connectivity index (χ4n) is 6.27. The number of carbonyl (C=O) groups excluding carboxylic acids is 1. The number of hydrogen-bond donors (Lipinski definition) is 0. The van der Waals surface area contributed by atoms with Crippen LogP contribution in [0.15, 0.2) is 97.1 Å². The van der Waals surface area contributed by atoms with Gasteiger partial charge in [0, 0.05) is 27.8 Å². The maximum absolute atomic E-state index is 13.6. The van der Waals surface area contributed by atoms with E-state index in [-0.39, 0.29) is 30.0 Å². The third kappa shape index (κ3) is 3.82. The molecule has 0 aromatic heterocycles. The van der Waals surface area contributed by atoms with Crippen molar-refractivity contribution in [1.82, 2.24) is 0 Å². The number of epoxide rings is 2. The minimum atomic E-state index is -1.06. The summed E-state index contributed by atoms with van der Waals surface area (Å²) < 4.78 is 29.7. The number of cyclic esters (lactones) is 1. The molecule has 6 nitrogen and oxygen atoms in total. The van der Waals surface area contributed by atoms with E-state index in [1.807, 2.05) is 54.6 Å². The van der Waals surface area contributed by atoms with E-state index in [9.17, 15) is 4.79 Å². The lowest BCUT2D eigenvalue weighted by Gasteiger charge is -2.36. The second kappa shape index (κ2) is 9.22. The molecule has 3 heterocycles. The molecule has 4 atom stereocenters. The number of fused-ring (bicyclic) bond motifs is 3. The van der Waals surface area contributed by atoms with Crippen LogP contribution in [0.25, 0.3) is 21.5 Å². The Bertz CT molecular complexity index is 1600. The summed E-state index contributed by atoms with van der Waals surface area (Å²) in [5.41, 5.74) is 0.812. The van der Waals surface area contributed by atoms with Crippen LogP contribution in [0.2, 0.25) is 0 Å². The Morgan fingerprint density at radius 3 is 1.70 bits per heavy atom. The molecule has 4 aromatic carbocycles. The number of allylic oxidation sites excluding steroid dienone is 2. The smallest absolute Gasteiger partial charge is 0.314 e. The van der Waals surface area contributed by atoms with Gasteiger partial charge in [-0.2, -0.15) is 0 Å². The topological polar surface area (TPSA) is 69.8 Å². The molecular formula is C34H28O6. The van der Waals surface area contributed by atoms with Crippen molar-refractivity contribution < 1.29 is 28.5 Å². The van der Waals surface area contributed by atoms with Crippen molar-refractivity contribution in [1.29, 1.82) is 0 Å². The van der Waals surface area contributed by atoms with Gasteiger partial charge in [-0.3, -0.25) is 4.79 Å². The molecular weight excluding hydrogens is 504 g/mol. The Balaban J connectivity index is 1.35. The largest absolute Gasteiger partial charge is 0.490 e. The molecule has 200 valence electrons. The predicted octanol–water partition coefficient (Wildman–Crippen LogP) is 5.71. The van der Waals surface area contributed by atoms with Crippen LogP contribution in [-0.4, -0.2) is 44.6 Å². The first kappa shape index (κ1) is 23.7. The minimum Gasteiger partial charge on any atom is -0.490 e. The zero-order chi connectivity index (χ0) is 26.7. The summed E-state index contributed by atoms with van der Waals surface area (Å²) in [6.45, 7) is 2.50. The molecule has 1 aliphatic carbocycles. The fraction of sp³-hybridized carbons (Fsp3) is 0.265. The molecule has 40 heavy (non-hydrogen) atoms. The van der Waals surface area contributed by atoms with Crippen LogP contribution in [0.4, 0.5) is 0 Å². The second-order valence-corrected chi connectivity index (χ2v) is 10.8. The van der Waals surface area contributed by atoms with Gasteiger partial charge in [0.2, 0.25) is 0 Å². The van der Waals surface area contributed by atoms with Crippen molar-refractivity contribution in [3.05, 3.63) is 108 Å². The van der Waals surface area contributed by atoms with Crippen LogP contribution in [-0.2, 0) is 24.6 Å². The molecule has 0 saturated carbocycles. The van der Waals surface area contributed by atoms with Gasteiger partial charge in [-0.25, -0.2) is 0 Å². The van der Waals surface area contributed by atoms with Gasteiger partial charge in [-0.15, -0.1) is 0 Å². The first-order valence-corrected chi connectivity index (χ1v) is 13.8. The molecule has 6 heteroatoms. The van der Waals surface area contributed by atoms with Gasteiger partial charge >= 0.3 is 5.97 Å². The highest BCUT2D eigenvalue weighted by Crippen LogP contribution is 2.55. The Morgan fingerprint density at radius 2 is 1.18 bits per heavy atom. The maximum Gasteiger partial charge on any atom is 0.314 e. The highest BCUT2D eigenvalue weighted by molar-refractivity contribution is 5.97. The Kier molecular flexibility index (Phi) is 5.47. The van der Waals surface area contributed by atoms with Gasteiger partial charge < -0.3 is 23.7 Å². The number of esters is 1. The first-order chi connectivity index (χ1) is 19.7. The number of benzene rings is 4. The third-order valence-corrected chi connectivity index (χ3v) is 8.36. The van der Waals surface area contributed by atoms with Crippen molar-refractivity contribution in [3.63, 3.8) is 0 Å². The van der Waals surface area contributed by atoms with Gasteiger partial charge in [0.15, 0.2) is 5.60 Å². The van der Waals surface area contributed by atoms with Crippen molar-refractivity contribution in [2.24, 2.45) is 11.8 Å². The van der Waals surface area contributed by atoms with Crippen LogP contribution < -0.4 is 9.47 Å². The molecule has 4 aromatic rings. The predicted molar refractivity (Wildman–Crippen MR) is 150 cm³/mol. The molecule has 0 radical (unpaired) electrons. The summed E-state index contributed by atoms with van der Waals surface area (Å²) in [6, 6.07) is 24.5. The Morgan fingerprint density at radius 1 is 0.675 bits per heavy atom. The normalized spacial score (nSPS) is 27.9. The van der Waals surface area contributed by atoms with E-state index >= 15 is 0 Å². The fourth-order valence-corrected chi connectivity index (χ4v) is 6.27. The number of hydrogen-bond acceptors (Lipinski definition) is 6. The van der Waals surface area contributed by atoms with Gasteiger partial charge in [-0.1, -0.05) is 85.0 Å². The molecule has 4 aliphatic rings. The summed E-state index contributed by atoms with van der Waals surface area (Å²) in [5, 5.41) is 3.93. The monoisotopic (exact) mass is 532 g/mol. The van der Waals surface area contributed by atoms with E-state index in [2.05, 4.69) is 42.5 Å². The molecule has 3 aliphatic heterocycles. The van der Waals surface area contributed by atoms with E-state index in [0.717, 1.165) is 57.4 Å². The Hall–Kier alpha value is -4.13. The average Bonchev–Trinajstić information content (AvgIpc) is 3.94. The van der Waals surface area contributed by atoms with Gasteiger partial charge in [0.05, 0.1) is 19.1 Å². The highest BCUT2D eigenvalue weighted by Gasteiger charge is 2.57. The zero-order valence-corrected chi connectivity index (χ0v) is 21.8. The lowest BCUT2D eigenvalue weighted by atomic mass is 9.69. The van der Waals surface area contributed by atoms with Crippen LogP contribution in [0, 0.1) is 11.8 Å². The minimum absolute atomic E-state index is 0.152. The molecule has 8 rings (SSSR count). The highest BCUT2D eigenvalue weighted by atomic mass is 16.6. The number of ether oxygens (including phenoxy) is 5. The maximum atomic E-state index is 13.6. The molecule has 0 amide bonds. The van der Waals surface area contributed by atoms with E-state index in [1.165, 1.54) is 0 Å². The van der Waals surface area contributed by atoms with Crippen molar-refractivity contribution in [2.75, 3.05) is 26.4 Å². The second-order valence-electron chi connectivity index (χ2n) is 10.8. The third-order valence-electron chi connectivity index (χ3n) is 8.36. The summed E-state index contributed by atoms with van der Waals surface area (Å²) in [7, 11) is 0. The standard InChI is InChI=1S/C34H28O6/c35-33-27-11-5-6-12-28(27)34(40-33,29-13-15-31(38-19-21-17-36-21)25-9-3-1-7-23(25)29)30-14-16-32(39-20-22-18-37-22)26-10-4-2-8-24(26)30/h1-16,21-22,27-28H,17-20H2. The van der Waals surface area contributed by atoms with Crippen molar-refractivity contribution >= 4 is 27.5 Å². The quantitative estimate of drug-likeness (QED) is 0.214. The lowest BCUT2D eigenvalue weighted by Crippen LogP contribution is -2.35. The summed E-state index contributed by atoms with van der Waals surface area (Å²) in [4.78, 5) is 13.6. The Labute approximate surface area is 231 Å². The summed E-state index contributed by atoms with van der Waals surface area (Å²) in [5.74, 6) is 0.751. The summed E-state index contributed by atoms with van der Waals surface area (Å²) >= 11 is 0. The van der Waals surface area contributed by atoms with E-state index in [1.54, 1.807) is 0 Å². The number of rotatable bonds is 8. The zero-order valence-electron chi connectivity index (χ0n) is 21.8. The molecule has 0 spiro atoms. The van der Waals surface area contributed by atoms with Crippen LogP contribution >= 0.6 is 0 Å². The van der Waals surface area contributed by atoms with E-state index in [4.69, 9.17) is 23.7 Å². The molecule has 3 fully saturated rings. The van der Waals surface area contributed by atoms with Gasteiger partial charge in [0.25, 0.3) is 0 Å². The molecule has 0 N–H and O–H groups in total. The van der Waals surface area contributed by atoms with Crippen LogP contribution in [0.3, 0.4) is 0 Å². The van der Waals surface area contributed by atoms with E-state index < -0.39 is 5.60 Å². The number of carbonyl (C=O) groups is 1. The van der Waals surface area contributed by atoms with E-state index in [0.29, 0.717) is 13.2 Å². The lowest BCUT2D eigenvalue weighted by molar-refractivity contribution is -0.148. The van der Waals surface area contributed by atoms with Crippen molar-refractivity contribution in [2.45, 2.75) is 17.8 Å². The molecule has 0 bridgehead atoms. The summed E-state index contributed by atoms with van der Waals surface area (Å²) in [6.07, 6.45) is 8.32. The van der Waals surface area contributed by atoms with Crippen LogP contribution in [0.1, 0.15) is 11.1 Å². The SMILES string of the molecule is O=C1OC(c2ccc(OCC3CO3)c3ccccc23)(c2ccc(OCC3CO3)c3ccccc23)C2C=CC=CC12. The van der Waals surface area contributed by atoms with Gasteiger partial charge in [0.1, 0.15) is 36.9 Å². The van der Waals surface area contributed by atoms with Crippen molar-refractivity contribution in [3.8, 4) is 11.5 Å².